The lowest BCUT2D eigenvalue weighted by atomic mass is 9.78. The van der Waals surface area contributed by atoms with Gasteiger partial charge >= 0.3 is 0 Å². The van der Waals surface area contributed by atoms with E-state index in [0.29, 0.717) is 11.6 Å². The number of anilines is 1. The van der Waals surface area contributed by atoms with Gasteiger partial charge in [-0.05, 0) is 11.0 Å². The highest BCUT2D eigenvalue weighted by Crippen LogP contribution is 2.43. The van der Waals surface area contributed by atoms with Gasteiger partial charge in [0.2, 0.25) is 0 Å². The molecule has 1 aliphatic rings. The standard InChI is InChI=1S/C19H24N4O/c1-19(2)13-23(12-15(19)14-8-6-5-7-9-14)17-11-20-10-16(21-17)18(24)22(3)4/h5-11,15H,12-13H2,1-4H3. The van der Waals surface area contributed by atoms with Crippen LogP contribution in [0, 0.1) is 5.41 Å². The second-order valence-corrected chi connectivity index (χ2v) is 7.29. The fraction of sp³-hybridized carbons (Fsp3) is 0.421. The number of carbonyl (C=O) groups is 1. The Kier molecular flexibility index (Phi) is 4.26. The van der Waals surface area contributed by atoms with Crippen molar-refractivity contribution in [2.75, 3.05) is 32.1 Å². The molecule has 1 unspecified atom stereocenters. The van der Waals surface area contributed by atoms with E-state index >= 15 is 0 Å². The molecule has 1 aromatic carbocycles. The Morgan fingerprint density at radius 3 is 2.58 bits per heavy atom. The van der Waals surface area contributed by atoms with E-state index in [4.69, 9.17) is 0 Å². The van der Waals surface area contributed by atoms with Gasteiger partial charge in [-0.3, -0.25) is 9.78 Å². The predicted octanol–water partition coefficient (Wildman–Crippen LogP) is 2.81. The summed E-state index contributed by atoms with van der Waals surface area (Å²) in [6.45, 7) is 6.34. The Morgan fingerprint density at radius 2 is 1.92 bits per heavy atom. The van der Waals surface area contributed by atoms with Crippen LogP contribution < -0.4 is 4.90 Å². The second kappa shape index (κ2) is 6.23. The molecule has 1 saturated heterocycles. The second-order valence-electron chi connectivity index (χ2n) is 7.29. The van der Waals surface area contributed by atoms with Gasteiger partial charge in [-0.25, -0.2) is 4.98 Å². The Balaban J connectivity index is 1.87. The van der Waals surface area contributed by atoms with Gasteiger partial charge in [0.05, 0.1) is 12.4 Å². The molecule has 126 valence electrons. The minimum atomic E-state index is -0.123. The van der Waals surface area contributed by atoms with Crippen molar-refractivity contribution in [1.29, 1.82) is 0 Å². The Morgan fingerprint density at radius 1 is 1.21 bits per heavy atom. The molecule has 0 spiro atoms. The average molecular weight is 324 g/mol. The van der Waals surface area contributed by atoms with E-state index in [-0.39, 0.29) is 11.3 Å². The number of nitrogens with zero attached hydrogens (tertiary/aromatic N) is 4. The lowest BCUT2D eigenvalue weighted by molar-refractivity contribution is 0.0821. The number of amides is 1. The molecule has 2 aromatic rings. The van der Waals surface area contributed by atoms with E-state index in [2.05, 4.69) is 53.0 Å². The Labute approximate surface area is 143 Å². The fourth-order valence-corrected chi connectivity index (χ4v) is 3.39. The fourth-order valence-electron chi connectivity index (χ4n) is 3.39. The monoisotopic (exact) mass is 324 g/mol. The smallest absolute Gasteiger partial charge is 0.273 e. The topological polar surface area (TPSA) is 49.3 Å². The van der Waals surface area contributed by atoms with Crippen LogP contribution in [0.1, 0.15) is 35.8 Å². The zero-order valence-corrected chi connectivity index (χ0v) is 14.7. The lowest BCUT2D eigenvalue weighted by Gasteiger charge is -2.25. The van der Waals surface area contributed by atoms with Gasteiger partial charge in [-0.15, -0.1) is 0 Å². The highest BCUT2D eigenvalue weighted by atomic mass is 16.2. The van der Waals surface area contributed by atoms with Gasteiger partial charge in [-0.2, -0.15) is 0 Å². The summed E-state index contributed by atoms with van der Waals surface area (Å²) in [4.78, 5) is 24.7. The normalized spacial score (nSPS) is 19.3. The molecule has 24 heavy (non-hydrogen) atoms. The zero-order chi connectivity index (χ0) is 17.3. The van der Waals surface area contributed by atoms with Crippen molar-refractivity contribution in [3.63, 3.8) is 0 Å². The molecule has 0 aliphatic carbocycles. The first-order valence-electron chi connectivity index (χ1n) is 8.22. The predicted molar refractivity (Wildman–Crippen MR) is 95.2 cm³/mol. The summed E-state index contributed by atoms with van der Waals surface area (Å²) >= 11 is 0. The number of hydrogen-bond donors (Lipinski definition) is 0. The van der Waals surface area contributed by atoms with Crippen molar-refractivity contribution < 1.29 is 4.79 Å². The van der Waals surface area contributed by atoms with Crippen LogP contribution in [0.5, 0.6) is 0 Å². The van der Waals surface area contributed by atoms with Crippen LogP contribution in [0.2, 0.25) is 0 Å². The van der Waals surface area contributed by atoms with E-state index in [0.717, 1.165) is 18.9 Å². The van der Waals surface area contributed by atoms with E-state index in [9.17, 15) is 4.79 Å². The maximum absolute atomic E-state index is 12.1. The molecule has 0 radical (unpaired) electrons. The van der Waals surface area contributed by atoms with Crippen molar-refractivity contribution in [1.82, 2.24) is 14.9 Å². The molecule has 1 atom stereocenters. The summed E-state index contributed by atoms with van der Waals surface area (Å²) in [7, 11) is 3.45. The summed E-state index contributed by atoms with van der Waals surface area (Å²) in [5, 5.41) is 0. The molecule has 1 amide bonds. The Hall–Kier alpha value is -2.43. The Bertz CT molecular complexity index is 727. The SMILES string of the molecule is CN(C)C(=O)c1cncc(N2CC(c3ccccc3)C(C)(C)C2)n1. The number of rotatable bonds is 3. The minimum Gasteiger partial charge on any atom is -0.354 e. The first-order valence-corrected chi connectivity index (χ1v) is 8.22. The van der Waals surface area contributed by atoms with Crippen molar-refractivity contribution in [3.8, 4) is 0 Å². The summed E-state index contributed by atoms with van der Waals surface area (Å²) in [6.07, 6.45) is 3.28. The van der Waals surface area contributed by atoms with E-state index in [1.54, 1.807) is 20.3 Å². The molecule has 1 fully saturated rings. The highest BCUT2D eigenvalue weighted by molar-refractivity contribution is 5.91. The van der Waals surface area contributed by atoms with Gasteiger partial charge in [0.1, 0.15) is 11.5 Å². The summed E-state index contributed by atoms with van der Waals surface area (Å²) in [6, 6.07) is 10.6. The molecule has 0 saturated carbocycles. The highest BCUT2D eigenvalue weighted by Gasteiger charge is 2.40. The lowest BCUT2D eigenvalue weighted by Crippen LogP contribution is -2.26. The molecule has 5 heteroatoms. The zero-order valence-electron chi connectivity index (χ0n) is 14.7. The quantitative estimate of drug-likeness (QED) is 0.871. The van der Waals surface area contributed by atoms with Gasteiger partial charge in [0, 0.05) is 33.1 Å². The van der Waals surface area contributed by atoms with Gasteiger partial charge in [0.15, 0.2) is 0 Å². The molecule has 0 N–H and O–H groups in total. The van der Waals surface area contributed by atoms with Crippen molar-refractivity contribution in [3.05, 3.63) is 54.0 Å². The first-order chi connectivity index (χ1) is 11.4. The molecular weight excluding hydrogens is 300 g/mol. The molecule has 2 heterocycles. The van der Waals surface area contributed by atoms with Gasteiger partial charge in [-0.1, -0.05) is 44.2 Å². The summed E-state index contributed by atoms with van der Waals surface area (Å²) in [5.41, 5.74) is 1.86. The van der Waals surface area contributed by atoms with Crippen LogP contribution in [-0.2, 0) is 0 Å². The largest absolute Gasteiger partial charge is 0.354 e. The van der Waals surface area contributed by atoms with E-state index < -0.39 is 0 Å². The summed E-state index contributed by atoms with van der Waals surface area (Å²) in [5.74, 6) is 1.07. The van der Waals surface area contributed by atoms with Crippen molar-refractivity contribution >= 4 is 11.7 Å². The third-order valence-electron chi connectivity index (χ3n) is 4.72. The van der Waals surface area contributed by atoms with Crippen molar-refractivity contribution in [2.24, 2.45) is 5.41 Å². The molecule has 0 bridgehead atoms. The number of benzene rings is 1. The van der Waals surface area contributed by atoms with Crippen LogP contribution in [0.3, 0.4) is 0 Å². The molecule has 1 aromatic heterocycles. The van der Waals surface area contributed by atoms with Crippen molar-refractivity contribution in [2.45, 2.75) is 19.8 Å². The molecule has 1 aliphatic heterocycles. The van der Waals surface area contributed by atoms with Gasteiger partial charge < -0.3 is 9.80 Å². The first kappa shape index (κ1) is 16.4. The molecule has 5 nitrogen and oxygen atoms in total. The van der Waals surface area contributed by atoms with Crippen LogP contribution >= 0.6 is 0 Å². The maximum Gasteiger partial charge on any atom is 0.273 e. The average Bonchev–Trinajstić information content (AvgIpc) is 2.90. The summed E-state index contributed by atoms with van der Waals surface area (Å²) < 4.78 is 0. The molecular formula is C19H24N4O. The minimum absolute atomic E-state index is 0.123. The van der Waals surface area contributed by atoms with E-state index in [1.807, 2.05) is 6.07 Å². The number of carbonyl (C=O) groups excluding carboxylic acids is 1. The van der Waals surface area contributed by atoms with E-state index in [1.165, 1.54) is 16.7 Å². The van der Waals surface area contributed by atoms with Crippen LogP contribution in [0.4, 0.5) is 5.82 Å². The number of hydrogen-bond acceptors (Lipinski definition) is 4. The van der Waals surface area contributed by atoms with Crippen LogP contribution in [0.25, 0.3) is 0 Å². The third-order valence-corrected chi connectivity index (χ3v) is 4.72. The molecule has 3 rings (SSSR count). The van der Waals surface area contributed by atoms with Crippen LogP contribution in [-0.4, -0.2) is 48.0 Å². The van der Waals surface area contributed by atoms with Gasteiger partial charge in [0.25, 0.3) is 5.91 Å². The third kappa shape index (κ3) is 3.11. The van der Waals surface area contributed by atoms with Crippen LogP contribution in [0.15, 0.2) is 42.7 Å². The number of aromatic nitrogens is 2. The maximum atomic E-state index is 12.1.